The summed E-state index contributed by atoms with van der Waals surface area (Å²) in [5.41, 5.74) is 1.39. The first kappa shape index (κ1) is 23.7. The number of hydrogen-bond acceptors (Lipinski definition) is 4. The molecule has 5 nitrogen and oxygen atoms in total. The summed E-state index contributed by atoms with van der Waals surface area (Å²) in [5.74, 6) is 0.912. The lowest BCUT2D eigenvalue weighted by molar-refractivity contribution is 0.219. The van der Waals surface area contributed by atoms with Gasteiger partial charge in [0.05, 0.1) is 6.04 Å². The van der Waals surface area contributed by atoms with Crippen molar-refractivity contribution in [3.63, 3.8) is 0 Å². The molecule has 2 rings (SSSR count). The normalized spacial score (nSPS) is 19.4. The Morgan fingerprint density at radius 2 is 2.12 bits per heavy atom. The van der Waals surface area contributed by atoms with Crippen LogP contribution in [0.4, 0.5) is 0 Å². The van der Waals surface area contributed by atoms with Crippen molar-refractivity contribution in [2.24, 2.45) is 4.99 Å². The van der Waals surface area contributed by atoms with E-state index in [9.17, 15) is 0 Å². The molecule has 1 aliphatic heterocycles. The summed E-state index contributed by atoms with van der Waals surface area (Å²) < 4.78 is 0. The SMILES string of the molecule is CCN1CCCC1CNC(=NC)NCC(c1ccsc1)N(CC)CC.I. The fourth-order valence-electron chi connectivity index (χ4n) is 3.76. The van der Waals surface area contributed by atoms with Crippen molar-refractivity contribution < 1.29 is 0 Å². The number of aliphatic imine (C=N–C) groups is 1. The average molecular weight is 494 g/mol. The molecule has 0 spiro atoms. The Balaban J connectivity index is 0.00000338. The molecule has 0 aliphatic carbocycles. The van der Waals surface area contributed by atoms with Crippen molar-refractivity contribution in [3.05, 3.63) is 22.4 Å². The number of nitrogens with zero attached hydrogens (tertiary/aromatic N) is 3. The van der Waals surface area contributed by atoms with Gasteiger partial charge < -0.3 is 10.6 Å². The highest BCUT2D eigenvalue weighted by atomic mass is 127. The van der Waals surface area contributed by atoms with Crippen molar-refractivity contribution in [1.29, 1.82) is 0 Å². The monoisotopic (exact) mass is 493 g/mol. The molecule has 0 bridgehead atoms. The third-order valence-electron chi connectivity index (χ3n) is 5.28. The number of likely N-dealkylation sites (tertiary alicyclic amines) is 1. The highest BCUT2D eigenvalue weighted by Crippen LogP contribution is 2.22. The van der Waals surface area contributed by atoms with Gasteiger partial charge in [-0.25, -0.2) is 0 Å². The lowest BCUT2D eigenvalue weighted by atomic mass is 10.1. The molecule has 2 heterocycles. The molecule has 26 heavy (non-hydrogen) atoms. The molecule has 1 aromatic rings. The molecule has 1 aromatic heterocycles. The summed E-state index contributed by atoms with van der Waals surface area (Å²) in [6.07, 6.45) is 2.60. The molecule has 0 radical (unpaired) electrons. The van der Waals surface area contributed by atoms with Crippen molar-refractivity contribution in [2.75, 3.05) is 46.3 Å². The third kappa shape index (κ3) is 6.65. The van der Waals surface area contributed by atoms with Crippen LogP contribution in [0.5, 0.6) is 0 Å². The van der Waals surface area contributed by atoms with Gasteiger partial charge in [0.1, 0.15) is 0 Å². The summed E-state index contributed by atoms with van der Waals surface area (Å²) in [6.45, 7) is 13.0. The average Bonchev–Trinajstić information content (AvgIpc) is 3.32. The summed E-state index contributed by atoms with van der Waals surface area (Å²) in [6, 6.07) is 3.26. The zero-order valence-corrected chi connectivity index (χ0v) is 19.8. The topological polar surface area (TPSA) is 42.9 Å². The van der Waals surface area contributed by atoms with Gasteiger partial charge in [-0.3, -0.25) is 14.8 Å². The van der Waals surface area contributed by atoms with E-state index in [2.05, 4.69) is 63.0 Å². The third-order valence-corrected chi connectivity index (χ3v) is 5.98. The quantitative estimate of drug-likeness (QED) is 0.315. The van der Waals surface area contributed by atoms with Gasteiger partial charge in [-0.2, -0.15) is 11.3 Å². The van der Waals surface area contributed by atoms with E-state index in [4.69, 9.17) is 0 Å². The van der Waals surface area contributed by atoms with E-state index in [1.165, 1.54) is 24.9 Å². The van der Waals surface area contributed by atoms with Crippen molar-refractivity contribution in [3.8, 4) is 0 Å². The Morgan fingerprint density at radius 3 is 2.69 bits per heavy atom. The highest BCUT2D eigenvalue weighted by molar-refractivity contribution is 14.0. The van der Waals surface area contributed by atoms with Gasteiger partial charge in [0.25, 0.3) is 0 Å². The number of thiophene rings is 1. The molecule has 0 aromatic carbocycles. The molecule has 2 N–H and O–H groups in total. The molecule has 2 atom stereocenters. The summed E-state index contributed by atoms with van der Waals surface area (Å²) >= 11 is 1.77. The zero-order chi connectivity index (χ0) is 18.1. The van der Waals surface area contributed by atoms with Crippen LogP contribution in [-0.2, 0) is 0 Å². The maximum absolute atomic E-state index is 4.42. The summed E-state index contributed by atoms with van der Waals surface area (Å²) in [5, 5.41) is 11.5. The Kier molecular flexibility index (Phi) is 11.7. The highest BCUT2D eigenvalue weighted by Gasteiger charge is 2.23. The smallest absolute Gasteiger partial charge is 0.191 e. The predicted octanol–water partition coefficient (Wildman–Crippen LogP) is 3.40. The van der Waals surface area contributed by atoms with Crippen LogP contribution in [0.15, 0.2) is 21.8 Å². The molecule has 7 heteroatoms. The molecule has 150 valence electrons. The largest absolute Gasteiger partial charge is 0.355 e. The standard InChI is InChI=1S/C19H35N5S.HI/c1-5-23(6-2)18(16-10-12-25-15-16)14-22-19(20-4)21-13-17-9-8-11-24(17)7-3;/h10,12,15,17-18H,5-9,11,13-14H2,1-4H3,(H2,20,21,22);1H. The number of hydrogen-bond donors (Lipinski definition) is 2. The predicted molar refractivity (Wildman–Crippen MR) is 125 cm³/mol. The maximum Gasteiger partial charge on any atom is 0.191 e. The number of halogens is 1. The minimum atomic E-state index is 0. The summed E-state index contributed by atoms with van der Waals surface area (Å²) in [4.78, 5) is 9.48. The lowest BCUT2D eigenvalue weighted by Gasteiger charge is -2.30. The van der Waals surface area contributed by atoms with E-state index < -0.39 is 0 Å². The molecule has 0 saturated carbocycles. The Labute approximate surface area is 180 Å². The van der Waals surface area contributed by atoms with E-state index in [1.54, 1.807) is 11.3 Å². The first-order valence-electron chi connectivity index (χ1n) is 9.68. The zero-order valence-electron chi connectivity index (χ0n) is 16.7. The molecule has 2 unspecified atom stereocenters. The second kappa shape index (κ2) is 12.9. The molecular weight excluding hydrogens is 457 g/mol. The fourth-order valence-corrected chi connectivity index (χ4v) is 4.46. The molecule has 1 saturated heterocycles. The van der Waals surface area contributed by atoms with Crippen LogP contribution in [-0.4, -0.2) is 68.1 Å². The first-order valence-corrected chi connectivity index (χ1v) is 10.6. The second-order valence-corrected chi connectivity index (χ2v) is 7.33. The van der Waals surface area contributed by atoms with Gasteiger partial charge in [0, 0.05) is 26.2 Å². The van der Waals surface area contributed by atoms with Crippen LogP contribution in [0.2, 0.25) is 0 Å². The van der Waals surface area contributed by atoms with Gasteiger partial charge in [-0.05, 0) is 61.4 Å². The van der Waals surface area contributed by atoms with Gasteiger partial charge in [0.2, 0.25) is 0 Å². The number of guanidine groups is 1. The van der Waals surface area contributed by atoms with E-state index in [0.717, 1.165) is 38.7 Å². The van der Waals surface area contributed by atoms with Crippen LogP contribution in [0.25, 0.3) is 0 Å². The fraction of sp³-hybridized carbons (Fsp3) is 0.737. The number of rotatable bonds is 9. The van der Waals surface area contributed by atoms with Gasteiger partial charge in [-0.1, -0.05) is 20.8 Å². The van der Waals surface area contributed by atoms with Crippen LogP contribution < -0.4 is 10.6 Å². The summed E-state index contributed by atoms with van der Waals surface area (Å²) in [7, 11) is 1.86. The molecule has 1 aliphatic rings. The Hall–Kier alpha value is -0.380. The van der Waals surface area contributed by atoms with Crippen molar-refractivity contribution in [1.82, 2.24) is 20.4 Å². The van der Waals surface area contributed by atoms with Crippen molar-refractivity contribution in [2.45, 2.75) is 45.7 Å². The molecule has 0 amide bonds. The van der Waals surface area contributed by atoms with Crippen LogP contribution >= 0.6 is 35.3 Å². The Bertz CT molecular complexity index is 504. The lowest BCUT2D eigenvalue weighted by Crippen LogP contribution is -2.47. The molecular formula is C19H36IN5S. The van der Waals surface area contributed by atoms with Gasteiger partial charge in [-0.15, -0.1) is 24.0 Å². The minimum Gasteiger partial charge on any atom is -0.355 e. The van der Waals surface area contributed by atoms with Crippen LogP contribution in [0, 0.1) is 0 Å². The van der Waals surface area contributed by atoms with Gasteiger partial charge >= 0.3 is 0 Å². The Morgan fingerprint density at radius 1 is 1.35 bits per heavy atom. The van der Waals surface area contributed by atoms with Gasteiger partial charge in [0.15, 0.2) is 5.96 Å². The first-order chi connectivity index (χ1) is 12.2. The minimum absolute atomic E-state index is 0. The maximum atomic E-state index is 4.42. The van der Waals surface area contributed by atoms with E-state index in [1.807, 2.05) is 7.05 Å². The number of likely N-dealkylation sites (N-methyl/N-ethyl adjacent to an activating group) is 2. The van der Waals surface area contributed by atoms with Crippen molar-refractivity contribution >= 4 is 41.3 Å². The van der Waals surface area contributed by atoms with Crippen LogP contribution in [0.1, 0.15) is 45.2 Å². The van der Waals surface area contributed by atoms with E-state index in [0.29, 0.717) is 12.1 Å². The van der Waals surface area contributed by atoms with E-state index in [-0.39, 0.29) is 24.0 Å². The second-order valence-electron chi connectivity index (χ2n) is 6.55. The van der Waals surface area contributed by atoms with E-state index >= 15 is 0 Å². The molecule has 1 fully saturated rings. The number of nitrogens with one attached hydrogen (secondary N) is 2. The van der Waals surface area contributed by atoms with Crippen LogP contribution in [0.3, 0.4) is 0 Å².